The Kier molecular flexibility index (Phi) is 6.56. The molecular weight excluding hydrogens is 258 g/mol. The molecule has 20 heavy (non-hydrogen) atoms. The van der Waals surface area contributed by atoms with Crippen LogP contribution in [0.5, 0.6) is 5.75 Å². The molecule has 0 saturated heterocycles. The maximum absolute atomic E-state index is 11.6. The van der Waals surface area contributed by atoms with Crippen molar-refractivity contribution >= 4 is 11.9 Å². The molecule has 1 amide bonds. The molecule has 0 aliphatic carbocycles. The number of hydrogen-bond acceptors (Lipinski definition) is 3. The summed E-state index contributed by atoms with van der Waals surface area (Å²) in [7, 11) is 0. The topological polar surface area (TPSA) is 75.6 Å². The predicted molar refractivity (Wildman–Crippen MR) is 75.6 cm³/mol. The van der Waals surface area contributed by atoms with Gasteiger partial charge in [-0.1, -0.05) is 18.2 Å². The van der Waals surface area contributed by atoms with E-state index < -0.39 is 11.9 Å². The lowest BCUT2D eigenvalue weighted by molar-refractivity contribution is -0.142. The SMILES string of the molecule is CC(NC(=O)CCCOc1ccccc1)C(C)C(=O)O. The van der Waals surface area contributed by atoms with E-state index in [1.165, 1.54) is 0 Å². The van der Waals surface area contributed by atoms with Crippen molar-refractivity contribution < 1.29 is 19.4 Å². The van der Waals surface area contributed by atoms with E-state index in [0.29, 0.717) is 19.4 Å². The average molecular weight is 279 g/mol. The minimum Gasteiger partial charge on any atom is -0.494 e. The van der Waals surface area contributed by atoms with Crippen molar-refractivity contribution in [3.05, 3.63) is 30.3 Å². The smallest absolute Gasteiger partial charge is 0.308 e. The van der Waals surface area contributed by atoms with Crippen LogP contribution in [0.15, 0.2) is 30.3 Å². The monoisotopic (exact) mass is 279 g/mol. The third kappa shape index (κ3) is 5.73. The number of benzene rings is 1. The third-order valence-electron chi connectivity index (χ3n) is 3.09. The summed E-state index contributed by atoms with van der Waals surface area (Å²) in [6.45, 7) is 3.73. The number of aliphatic carboxylic acids is 1. The van der Waals surface area contributed by atoms with Crippen LogP contribution in [-0.2, 0) is 9.59 Å². The van der Waals surface area contributed by atoms with Gasteiger partial charge in [0.15, 0.2) is 0 Å². The number of amides is 1. The highest BCUT2D eigenvalue weighted by Crippen LogP contribution is 2.09. The van der Waals surface area contributed by atoms with Gasteiger partial charge in [0.05, 0.1) is 12.5 Å². The molecule has 0 radical (unpaired) electrons. The molecule has 1 aromatic rings. The average Bonchev–Trinajstić information content (AvgIpc) is 2.43. The number of ether oxygens (including phenoxy) is 1. The fourth-order valence-electron chi connectivity index (χ4n) is 1.60. The standard InChI is InChI=1S/C15H21NO4/c1-11(15(18)19)12(2)16-14(17)9-6-10-20-13-7-4-3-5-8-13/h3-5,7-8,11-12H,6,9-10H2,1-2H3,(H,16,17)(H,18,19). The van der Waals surface area contributed by atoms with Crippen LogP contribution < -0.4 is 10.1 Å². The second-order valence-electron chi connectivity index (χ2n) is 4.75. The first kappa shape index (κ1) is 16.0. The van der Waals surface area contributed by atoms with Crippen molar-refractivity contribution in [2.45, 2.75) is 32.7 Å². The Morgan fingerprint density at radius 2 is 1.90 bits per heavy atom. The van der Waals surface area contributed by atoms with Gasteiger partial charge in [0.25, 0.3) is 0 Å². The van der Waals surface area contributed by atoms with E-state index in [0.717, 1.165) is 5.75 Å². The molecule has 0 heterocycles. The van der Waals surface area contributed by atoms with Crippen molar-refractivity contribution in [3.63, 3.8) is 0 Å². The van der Waals surface area contributed by atoms with Crippen molar-refractivity contribution in [1.82, 2.24) is 5.32 Å². The zero-order valence-corrected chi connectivity index (χ0v) is 11.8. The van der Waals surface area contributed by atoms with E-state index in [1.807, 2.05) is 30.3 Å². The highest BCUT2D eigenvalue weighted by atomic mass is 16.5. The van der Waals surface area contributed by atoms with Crippen molar-refractivity contribution in [3.8, 4) is 5.75 Å². The Morgan fingerprint density at radius 3 is 2.50 bits per heavy atom. The molecule has 0 fully saturated rings. The minimum atomic E-state index is -0.912. The van der Waals surface area contributed by atoms with E-state index in [2.05, 4.69) is 5.32 Å². The van der Waals surface area contributed by atoms with Crippen molar-refractivity contribution in [1.29, 1.82) is 0 Å². The Hall–Kier alpha value is -2.04. The number of carbonyl (C=O) groups is 2. The molecule has 2 unspecified atom stereocenters. The zero-order chi connectivity index (χ0) is 15.0. The molecule has 0 bridgehead atoms. The van der Waals surface area contributed by atoms with Crippen LogP contribution in [0.4, 0.5) is 0 Å². The first-order chi connectivity index (χ1) is 9.50. The van der Waals surface area contributed by atoms with Gasteiger partial charge in [0, 0.05) is 12.5 Å². The van der Waals surface area contributed by atoms with Gasteiger partial charge in [0.1, 0.15) is 5.75 Å². The van der Waals surface area contributed by atoms with Crippen LogP contribution in [0.1, 0.15) is 26.7 Å². The van der Waals surface area contributed by atoms with E-state index in [-0.39, 0.29) is 11.9 Å². The molecule has 5 nitrogen and oxygen atoms in total. The van der Waals surface area contributed by atoms with Gasteiger partial charge in [-0.15, -0.1) is 0 Å². The number of para-hydroxylation sites is 1. The second-order valence-corrected chi connectivity index (χ2v) is 4.75. The Labute approximate surface area is 118 Å². The lowest BCUT2D eigenvalue weighted by atomic mass is 10.0. The quantitative estimate of drug-likeness (QED) is 0.714. The van der Waals surface area contributed by atoms with Crippen LogP contribution in [0.3, 0.4) is 0 Å². The molecule has 1 rings (SSSR count). The first-order valence-electron chi connectivity index (χ1n) is 6.70. The molecule has 0 spiro atoms. The molecule has 5 heteroatoms. The van der Waals surface area contributed by atoms with E-state index in [9.17, 15) is 9.59 Å². The number of carboxylic acid groups (broad SMARTS) is 1. The maximum Gasteiger partial charge on any atom is 0.308 e. The summed E-state index contributed by atoms with van der Waals surface area (Å²) in [5, 5.41) is 11.5. The number of rotatable bonds is 8. The van der Waals surface area contributed by atoms with Crippen LogP contribution >= 0.6 is 0 Å². The number of carboxylic acids is 1. The zero-order valence-electron chi connectivity index (χ0n) is 11.8. The Bertz CT molecular complexity index is 433. The molecule has 110 valence electrons. The molecule has 2 N–H and O–H groups in total. The van der Waals surface area contributed by atoms with Gasteiger partial charge in [-0.05, 0) is 32.4 Å². The molecular formula is C15H21NO4. The number of nitrogens with one attached hydrogen (secondary N) is 1. The largest absolute Gasteiger partial charge is 0.494 e. The van der Waals surface area contributed by atoms with Gasteiger partial charge in [0.2, 0.25) is 5.91 Å². The predicted octanol–water partition coefficient (Wildman–Crippen LogP) is 2.07. The number of carbonyl (C=O) groups excluding carboxylic acids is 1. The van der Waals surface area contributed by atoms with Gasteiger partial charge in [-0.25, -0.2) is 0 Å². The summed E-state index contributed by atoms with van der Waals surface area (Å²) < 4.78 is 5.47. The molecule has 0 saturated carbocycles. The molecule has 1 aromatic carbocycles. The van der Waals surface area contributed by atoms with E-state index >= 15 is 0 Å². The van der Waals surface area contributed by atoms with E-state index in [1.54, 1.807) is 13.8 Å². The molecule has 2 atom stereocenters. The van der Waals surface area contributed by atoms with Crippen molar-refractivity contribution in [2.75, 3.05) is 6.61 Å². The Balaban J connectivity index is 2.19. The maximum atomic E-state index is 11.6. The van der Waals surface area contributed by atoms with Crippen LogP contribution in [0, 0.1) is 5.92 Å². The van der Waals surface area contributed by atoms with Gasteiger partial charge >= 0.3 is 5.97 Å². The lowest BCUT2D eigenvalue weighted by Gasteiger charge is -2.17. The summed E-state index contributed by atoms with van der Waals surface area (Å²) in [5.74, 6) is -0.882. The van der Waals surface area contributed by atoms with E-state index in [4.69, 9.17) is 9.84 Å². The fourth-order valence-corrected chi connectivity index (χ4v) is 1.60. The molecule has 0 aliphatic heterocycles. The summed E-state index contributed by atoms with van der Waals surface area (Å²) in [6.07, 6.45) is 0.915. The van der Waals surface area contributed by atoms with Crippen LogP contribution in [-0.4, -0.2) is 29.6 Å². The normalized spacial score (nSPS) is 13.3. The first-order valence-corrected chi connectivity index (χ1v) is 6.70. The number of hydrogen-bond donors (Lipinski definition) is 2. The molecule has 0 aliphatic rings. The summed E-state index contributed by atoms with van der Waals surface area (Å²) in [6, 6.07) is 9.02. The summed E-state index contributed by atoms with van der Waals surface area (Å²) >= 11 is 0. The highest BCUT2D eigenvalue weighted by Gasteiger charge is 2.20. The lowest BCUT2D eigenvalue weighted by Crippen LogP contribution is -2.40. The molecule has 0 aromatic heterocycles. The van der Waals surface area contributed by atoms with Crippen LogP contribution in [0.2, 0.25) is 0 Å². The highest BCUT2D eigenvalue weighted by molar-refractivity contribution is 5.77. The Morgan fingerprint density at radius 1 is 1.25 bits per heavy atom. The fraction of sp³-hybridized carbons (Fsp3) is 0.467. The van der Waals surface area contributed by atoms with Crippen molar-refractivity contribution in [2.24, 2.45) is 5.92 Å². The van der Waals surface area contributed by atoms with Crippen LogP contribution in [0.25, 0.3) is 0 Å². The summed E-state index contributed by atoms with van der Waals surface area (Å²) in [5.41, 5.74) is 0. The van der Waals surface area contributed by atoms with Gasteiger partial charge in [-0.3, -0.25) is 9.59 Å². The van der Waals surface area contributed by atoms with Gasteiger partial charge in [-0.2, -0.15) is 0 Å². The third-order valence-corrected chi connectivity index (χ3v) is 3.09. The minimum absolute atomic E-state index is 0.151. The summed E-state index contributed by atoms with van der Waals surface area (Å²) in [4.78, 5) is 22.4. The van der Waals surface area contributed by atoms with Gasteiger partial charge < -0.3 is 15.2 Å². The second kappa shape index (κ2) is 8.19.